The molecule has 1 fully saturated rings. The number of aromatic nitrogens is 1. The number of rotatable bonds is 6. The van der Waals surface area contributed by atoms with Crippen molar-refractivity contribution in [3.63, 3.8) is 0 Å². The molecule has 0 bridgehead atoms. The Balaban J connectivity index is 1.44. The zero-order chi connectivity index (χ0) is 24.5. The van der Waals surface area contributed by atoms with Crippen LogP contribution in [-0.2, 0) is 27.7 Å². The van der Waals surface area contributed by atoms with E-state index in [4.69, 9.17) is 0 Å². The summed E-state index contributed by atoms with van der Waals surface area (Å²) in [6.07, 6.45) is 6.49. The minimum atomic E-state index is -3.74. The van der Waals surface area contributed by atoms with E-state index in [1.54, 1.807) is 12.1 Å². The molecule has 2 atom stereocenters. The van der Waals surface area contributed by atoms with E-state index in [0.717, 1.165) is 31.4 Å². The Morgan fingerprint density at radius 2 is 1.74 bits per heavy atom. The van der Waals surface area contributed by atoms with Gasteiger partial charge in [0.25, 0.3) is 5.91 Å². The summed E-state index contributed by atoms with van der Waals surface area (Å²) in [5.74, 6) is -0.492. The number of nitrogens with one attached hydrogen (secondary N) is 3. The summed E-state index contributed by atoms with van der Waals surface area (Å²) >= 11 is 0. The smallest absolute Gasteiger partial charge is 0.272 e. The molecule has 8 nitrogen and oxygen atoms in total. The Labute approximate surface area is 200 Å². The van der Waals surface area contributed by atoms with Crippen LogP contribution in [-0.4, -0.2) is 47.6 Å². The van der Waals surface area contributed by atoms with E-state index in [1.807, 2.05) is 19.9 Å². The van der Waals surface area contributed by atoms with E-state index in [-0.39, 0.29) is 34.8 Å². The standard InChI is InChI=1S/C25H32N4O4S/c1-4-24(30)26-20-13-16(2)29(17(3)14-20)34(32,33)21-11-9-19(10-12-21)27-25(31)23-15-18-7-5-6-8-22(18)28-23/h4,9-12,15-17,20,28H,1,5-8,13-14H2,2-3H3,(H,26,30)(H,27,31). The van der Waals surface area contributed by atoms with Gasteiger partial charge in [-0.3, -0.25) is 9.59 Å². The maximum Gasteiger partial charge on any atom is 0.272 e. The number of nitrogens with zero attached hydrogens (tertiary/aromatic N) is 1. The molecule has 2 aliphatic rings. The number of hydrogen-bond acceptors (Lipinski definition) is 4. The van der Waals surface area contributed by atoms with Crippen LogP contribution in [0.1, 0.15) is 61.3 Å². The fraction of sp³-hybridized carbons (Fsp3) is 0.440. The molecule has 2 unspecified atom stereocenters. The average molecular weight is 485 g/mol. The molecule has 1 aromatic carbocycles. The van der Waals surface area contributed by atoms with Crippen molar-refractivity contribution in [3.8, 4) is 0 Å². The number of H-pyrrole nitrogens is 1. The average Bonchev–Trinajstić information content (AvgIpc) is 3.23. The minimum absolute atomic E-state index is 0.0989. The van der Waals surface area contributed by atoms with Gasteiger partial charge in [-0.25, -0.2) is 8.42 Å². The third kappa shape index (κ3) is 4.95. The summed E-state index contributed by atoms with van der Waals surface area (Å²) in [7, 11) is -3.74. The van der Waals surface area contributed by atoms with Gasteiger partial charge in [0.05, 0.1) is 4.90 Å². The van der Waals surface area contributed by atoms with E-state index in [0.29, 0.717) is 24.2 Å². The van der Waals surface area contributed by atoms with Gasteiger partial charge in [-0.15, -0.1) is 0 Å². The molecule has 0 radical (unpaired) electrons. The Kier molecular flexibility index (Phi) is 6.95. The molecular weight excluding hydrogens is 452 g/mol. The van der Waals surface area contributed by atoms with Gasteiger partial charge in [0.1, 0.15) is 5.69 Å². The van der Waals surface area contributed by atoms with Crippen molar-refractivity contribution in [2.75, 3.05) is 5.32 Å². The van der Waals surface area contributed by atoms with E-state index in [9.17, 15) is 18.0 Å². The van der Waals surface area contributed by atoms with Crippen LogP contribution in [0.15, 0.2) is 47.9 Å². The Hall–Kier alpha value is -2.91. The van der Waals surface area contributed by atoms with E-state index >= 15 is 0 Å². The van der Waals surface area contributed by atoms with Crippen molar-refractivity contribution < 1.29 is 18.0 Å². The number of benzene rings is 1. The normalized spacial score (nSPS) is 23.1. The second kappa shape index (κ2) is 9.76. The van der Waals surface area contributed by atoms with Crippen LogP contribution in [0, 0.1) is 0 Å². The lowest BCUT2D eigenvalue weighted by Crippen LogP contribution is -2.54. The molecule has 2 aromatic rings. The molecular formula is C25H32N4O4S. The summed E-state index contributed by atoms with van der Waals surface area (Å²) in [6.45, 7) is 7.17. The van der Waals surface area contributed by atoms with Gasteiger partial charge >= 0.3 is 0 Å². The highest BCUT2D eigenvalue weighted by atomic mass is 32.2. The lowest BCUT2D eigenvalue weighted by atomic mass is 9.95. The zero-order valence-corrected chi connectivity index (χ0v) is 20.5. The topological polar surface area (TPSA) is 111 Å². The monoisotopic (exact) mass is 484 g/mol. The largest absolute Gasteiger partial charge is 0.354 e. The summed E-state index contributed by atoms with van der Waals surface area (Å²) in [4.78, 5) is 27.7. The van der Waals surface area contributed by atoms with E-state index < -0.39 is 10.0 Å². The van der Waals surface area contributed by atoms with Gasteiger partial charge < -0.3 is 15.6 Å². The number of carbonyl (C=O) groups is 2. The van der Waals surface area contributed by atoms with Crippen molar-refractivity contribution in [2.45, 2.75) is 75.4 Å². The van der Waals surface area contributed by atoms with Crippen LogP contribution < -0.4 is 10.6 Å². The molecule has 1 aliphatic heterocycles. The van der Waals surface area contributed by atoms with Gasteiger partial charge in [0, 0.05) is 29.5 Å². The number of amides is 2. The van der Waals surface area contributed by atoms with Crippen LogP contribution >= 0.6 is 0 Å². The van der Waals surface area contributed by atoms with E-state index in [1.165, 1.54) is 28.1 Å². The summed E-state index contributed by atoms with van der Waals surface area (Å²) in [6, 6.07) is 7.53. The Morgan fingerprint density at radius 1 is 1.09 bits per heavy atom. The second-order valence-corrected chi connectivity index (χ2v) is 11.1. The van der Waals surface area contributed by atoms with Gasteiger partial charge in [0.2, 0.25) is 15.9 Å². The maximum absolute atomic E-state index is 13.4. The van der Waals surface area contributed by atoms with Gasteiger partial charge in [-0.2, -0.15) is 4.31 Å². The molecule has 3 N–H and O–H groups in total. The maximum atomic E-state index is 13.4. The van der Waals surface area contributed by atoms with Gasteiger partial charge in [-0.05, 0) is 94.3 Å². The number of aromatic amines is 1. The molecule has 1 aromatic heterocycles. The van der Waals surface area contributed by atoms with Crippen molar-refractivity contribution >= 4 is 27.5 Å². The molecule has 9 heteroatoms. The first-order chi connectivity index (χ1) is 16.2. The minimum Gasteiger partial charge on any atom is -0.354 e. The third-order valence-electron chi connectivity index (χ3n) is 6.70. The number of fused-ring (bicyclic) bond motifs is 1. The lowest BCUT2D eigenvalue weighted by Gasteiger charge is -2.41. The predicted octanol–water partition coefficient (Wildman–Crippen LogP) is 3.38. The van der Waals surface area contributed by atoms with Gasteiger partial charge in [-0.1, -0.05) is 6.58 Å². The lowest BCUT2D eigenvalue weighted by molar-refractivity contribution is -0.117. The first-order valence-electron chi connectivity index (χ1n) is 11.8. The van der Waals surface area contributed by atoms with Crippen molar-refractivity contribution in [1.82, 2.24) is 14.6 Å². The molecule has 0 saturated carbocycles. The highest BCUT2D eigenvalue weighted by Gasteiger charge is 2.39. The van der Waals surface area contributed by atoms with Crippen molar-refractivity contribution in [2.24, 2.45) is 0 Å². The molecule has 182 valence electrons. The molecule has 0 spiro atoms. The van der Waals surface area contributed by atoms with E-state index in [2.05, 4.69) is 22.2 Å². The van der Waals surface area contributed by atoms with Crippen LogP contribution in [0.3, 0.4) is 0 Å². The molecule has 2 amide bonds. The zero-order valence-electron chi connectivity index (χ0n) is 19.6. The first kappa shape index (κ1) is 24.2. The first-order valence-corrected chi connectivity index (χ1v) is 13.2. The third-order valence-corrected chi connectivity index (χ3v) is 8.84. The number of carbonyl (C=O) groups excluding carboxylic acids is 2. The highest BCUT2D eigenvalue weighted by molar-refractivity contribution is 7.89. The number of anilines is 1. The van der Waals surface area contributed by atoms with Crippen LogP contribution in [0.4, 0.5) is 5.69 Å². The summed E-state index contributed by atoms with van der Waals surface area (Å²) < 4.78 is 28.3. The van der Waals surface area contributed by atoms with Crippen LogP contribution in [0.5, 0.6) is 0 Å². The molecule has 1 aliphatic carbocycles. The Bertz CT molecular complexity index is 1150. The fourth-order valence-corrected chi connectivity index (χ4v) is 7.01. The number of sulfonamides is 1. The fourth-order valence-electron chi connectivity index (χ4n) is 5.17. The number of aryl methyl sites for hydroxylation is 2. The molecule has 4 rings (SSSR count). The summed E-state index contributed by atoms with van der Waals surface area (Å²) in [5.41, 5.74) is 3.39. The second-order valence-electron chi connectivity index (χ2n) is 9.29. The predicted molar refractivity (Wildman–Crippen MR) is 131 cm³/mol. The van der Waals surface area contributed by atoms with Crippen molar-refractivity contribution in [1.29, 1.82) is 0 Å². The molecule has 34 heavy (non-hydrogen) atoms. The molecule has 1 saturated heterocycles. The SMILES string of the molecule is C=CC(=O)NC1CC(C)N(S(=O)(=O)c2ccc(NC(=O)c3cc4c([nH]3)CCCC4)cc2)C(C)C1. The number of piperidine rings is 1. The number of hydrogen-bond donors (Lipinski definition) is 3. The Morgan fingerprint density at radius 3 is 2.35 bits per heavy atom. The molecule has 2 heterocycles. The van der Waals surface area contributed by atoms with Crippen LogP contribution in [0.25, 0.3) is 0 Å². The summed E-state index contributed by atoms with van der Waals surface area (Å²) in [5, 5.41) is 5.72. The quantitative estimate of drug-likeness (QED) is 0.546. The van der Waals surface area contributed by atoms with Crippen LogP contribution in [0.2, 0.25) is 0 Å². The van der Waals surface area contributed by atoms with Crippen molar-refractivity contribution in [3.05, 3.63) is 59.9 Å². The van der Waals surface area contributed by atoms with Gasteiger partial charge in [0.15, 0.2) is 0 Å². The highest BCUT2D eigenvalue weighted by Crippen LogP contribution is 2.30.